The van der Waals surface area contributed by atoms with Crippen molar-refractivity contribution in [3.63, 3.8) is 0 Å². The van der Waals surface area contributed by atoms with Crippen LogP contribution in [-0.2, 0) is 27.3 Å². The lowest BCUT2D eigenvalue weighted by Crippen LogP contribution is -2.44. The fourth-order valence-electron chi connectivity index (χ4n) is 3.22. The first-order valence-corrected chi connectivity index (χ1v) is 9.34. The number of imide groups is 1. The van der Waals surface area contributed by atoms with Crippen LogP contribution in [0.4, 0.5) is 4.79 Å². The molecule has 0 radical (unpaired) electrons. The Bertz CT molecular complexity index is 747. The number of hydrogen-bond donors (Lipinski definition) is 0. The summed E-state index contributed by atoms with van der Waals surface area (Å²) < 4.78 is 10.9. The number of cyclic esters (lactones) is 1. The predicted molar refractivity (Wildman–Crippen MR) is 102 cm³/mol. The molecule has 2 amide bonds. The van der Waals surface area contributed by atoms with Crippen molar-refractivity contribution in [2.24, 2.45) is 5.92 Å². The quantitative estimate of drug-likeness (QED) is 0.712. The minimum atomic E-state index is -0.553. The van der Waals surface area contributed by atoms with Crippen molar-refractivity contribution < 1.29 is 19.1 Å². The molecule has 1 aliphatic heterocycles. The molecule has 0 spiro atoms. The Morgan fingerprint density at radius 1 is 1.11 bits per heavy atom. The van der Waals surface area contributed by atoms with Gasteiger partial charge in [-0.2, -0.15) is 0 Å². The molecule has 1 fully saturated rings. The molecule has 2 atom stereocenters. The number of amides is 2. The predicted octanol–water partition coefficient (Wildman–Crippen LogP) is 3.82. The third-order valence-electron chi connectivity index (χ3n) is 4.79. The number of hydrogen-bond acceptors (Lipinski definition) is 4. The third-order valence-corrected chi connectivity index (χ3v) is 4.79. The summed E-state index contributed by atoms with van der Waals surface area (Å²) in [6.07, 6.45) is 0.650. The number of carbonyl (C=O) groups excluding carboxylic acids is 2. The Balaban J connectivity index is 1.60. The summed E-state index contributed by atoms with van der Waals surface area (Å²) in [5.74, 6) is -0.577. The van der Waals surface area contributed by atoms with Crippen LogP contribution in [0, 0.1) is 5.92 Å². The van der Waals surface area contributed by atoms with Crippen molar-refractivity contribution in [3.05, 3.63) is 71.8 Å². The molecule has 2 aromatic rings. The average Bonchev–Trinajstić information content (AvgIpc) is 3.06. The Morgan fingerprint density at radius 2 is 1.74 bits per heavy atom. The molecular formula is C22H25NO4. The zero-order chi connectivity index (χ0) is 19.1. The highest BCUT2D eigenvalue weighted by molar-refractivity contribution is 5.94. The molecule has 1 saturated heterocycles. The lowest BCUT2D eigenvalue weighted by atomic mass is 10.0. The molecule has 27 heavy (non-hydrogen) atoms. The molecule has 0 saturated carbocycles. The fraction of sp³-hybridized carbons (Fsp3) is 0.364. The normalized spacial score (nSPS) is 17.6. The Labute approximate surface area is 159 Å². The summed E-state index contributed by atoms with van der Waals surface area (Å²) in [4.78, 5) is 26.4. The van der Waals surface area contributed by atoms with Crippen molar-refractivity contribution in [1.29, 1.82) is 0 Å². The van der Waals surface area contributed by atoms with E-state index in [1.807, 2.05) is 67.6 Å². The first kappa shape index (κ1) is 19.1. The lowest BCUT2D eigenvalue weighted by Gasteiger charge is -2.24. The summed E-state index contributed by atoms with van der Waals surface area (Å²) >= 11 is 0. The van der Waals surface area contributed by atoms with Gasteiger partial charge >= 0.3 is 6.09 Å². The van der Waals surface area contributed by atoms with E-state index >= 15 is 0 Å². The van der Waals surface area contributed by atoms with Gasteiger partial charge in [-0.25, -0.2) is 9.69 Å². The standard InChI is InChI=1S/C22H25NO4/c1-2-19(15-26-14-18-11-7-4-8-12-18)21(24)23-20(16-27-22(23)25)13-17-9-5-3-6-10-17/h3-12,19-20H,2,13-16H2,1H3/t19-,20+/m1/s1. The van der Waals surface area contributed by atoms with E-state index in [0.717, 1.165) is 11.1 Å². The third kappa shape index (κ3) is 4.95. The van der Waals surface area contributed by atoms with Crippen LogP contribution in [0.15, 0.2) is 60.7 Å². The number of carbonyl (C=O) groups is 2. The molecule has 5 heteroatoms. The topological polar surface area (TPSA) is 55.8 Å². The van der Waals surface area contributed by atoms with Crippen molar-refractivity contribution in [2.45, 2.75) is 32.4 Å². The molecule has 3 rings (SSSR count). The molecule has 5 nitrogen and oxygen atoms in total. The van der Waals surface area contributed by atoms with Crippen LogP contribution in [0.1, 0.15) is 24.5 Å². The molecule has 0 unspecified atom stereocenters. The summed E-state index contributed by atoms with van der Waals surface area (Å²) in [5, 5.41) is 0. The van der Waals surface area contributed by atoms with Crippen LogP contribution in [0.3, 0.4) is 0 Å². The highest BCUT2D eigenvalue weighted by atomic mass is 16.6. The molecule has 2 aromatic carbocycles. The highest BCUT2D eigenvalue weighted by Crippen LogP contribution is 2.21. The Morgan fingerprint density at radius 3 is 2.37 bits per heavy atom. The highest BCUT2D eigenvalue weighted by Gasteiger charge is 2.40. The van der Waals surface area contributed by atoms with Gasteiger partial charge in [0.15, 0.2) is 0 Å². The molecule has 0 aliphatic carbocycles. The first-order valence-electron chi connectivity index (χ1n) is 9.34. The van der Waals surface area contributed by atoms with Gasteiger partial charge < -0.3 is 9.47 Å². The number of benzene rings is 2. The van der Waals surface area contributed by atoms with Gasteiger partial charge in [0.25, 0.3) is 0 Å². The number of ether oxygens (including phenoxy) is 2. The van der Waals surface area contributed by atoms with E-state index in [-0.39, 0.29) is 31.1 Å². The van der Waals surface area contributed by atoms with Crippen molar-refractivity contribution in [3.8, 4) is 0 Å². The van der Waals surface area contributed by atoms with E-state index < -0.39 is 6.09 Å². The summed E-state index contributed by atoms with van der Waals surface area (Å²) in [5.41, 5.74) is 2.13. The molecule has 0 aromatic heterocycles. The zero-order valence-electron chi connectivity index (χ0n) is 15.5. The Kier molecular flexibility index (Phi) is 6.60. The summed E-state index contributed by atoms with van der Waals surface area (Å²) in [6, 6.07) is 19.4. The number of nitrogens with zero attached hydrogens (tertiary/aromatic N) is 1. The van der Waals surface area contributed by atoms with Crippen LogP contribution < -0.4 is 0 Å². The van der Waals surface area contributed by atoms with Crippen molar-refractivity contribution in [1.82, 2.24) is 4.90 Å². The van der Waals surface area contributed by atoms with E-state index in [1.54, 1.807) is 0 Å². The van der Waals surface area contributed by atoms with Gasteiger partial charge in [-0.3, -0.25) is 4.79 Å². The van der Waals surface area contributed by atoms with Crippen molar-refractivity contribution in [2.75, 3.05) is 13.2 Å². The van der Waals surface area contributed by atoms with Crippen LogP contribution in [0.2, 0.25) is 0 Å². The first-order chi connectivity index (χ1) is 13.2. The van der Waals surface area contributed by atoms with Gasteiger partial charge in [0.2, 0.25) is 5.91 Å². The number of rotatable bonds is 8. The van der Waals surface area contributed by atoms with Crippen LogP contribution in [0.5, 0.6) is 0 Å². The second-order valence-corrected chi connectivity index (χ2v) is 6.73. The fourth-order valence-corrected chi connectivity index (χ4v) is 3.22. The lowest BCUT2D eigenvalue weighted by molar-refractivity contribution is -0.135. The van der Waals surface area contributed by atoms with Gasteiger partial charge in [0.05, 0.1) is 25.2 Å². The second-order valence-electron chi connectivity index (χ2n) is 6.73. The largest absolute Gasteiger partial charge is 0.447 e. The monoisotopic (exact) mass is 367 g/mol. The second kappa shape index (κ2) is 9.33. The smallest absolute Gasteiger partial charge is 0.416 e. The molecule has 0 bridgehead atoms. The van der Waals surface area contributed by atoms with E-state index in [2.05, 4.69) is 0 Å². The molecule has 1 heterocycles. The summed E-state index contributed by atoms with van der Waals surface area (Å²) in [6.45, 7) is 2.90. The maximum Gasteiger partial charge on any atom is 0.416 e. The Hall–Kier alpha value is -2.66. The summed E-state index contributed by atoms with van der Waals surface area (Å²) in [7, 11) is 0. The SMILES string of the molecule is CC[C@H](COCc1ccccc1)C(=O)N1C(=O)OC[C@@H]1Cc1ccccc1. The van der Waals surface area contributed by atoms with Gasteiger partial charge in [-0.15, -0.1) is 0 Å². The van der Waals surface area contributed by atoms with E-state index in [1.165, 1.54) is 4.90 Å². The van der Waals surface area contributed by atoms with Crippen LogP contribution in [0.25, 0.3) is 0 Å². The van der Waals surface area contributed by atoms with Crippen LogP contribution >= 0.6 is 0 Å². The molecular weight excluding hydrogens is 342 g/mol. The molecule has 142 valence electrons. The van der Waals surface area contributed by atoms with Crippen molar-refractivity contribution >= 4 is 12.0 Å². The minimum absolute atomic E-state index is 0.214. The minimum Gasteiger partial charge on any atom is -0.447 e. The van der Waals surface area contributed by atoms with E-state index in [0.29, 0.717) is 19.4 Å². The van der Waals surface area contributed by atoms with Gasteiger partial charge in [-0.05, 0) is 24.0 Å². The van der Waals surface area contributed by atoms with Gasteiger partial charge in [0.1, 0.15) is 6.61 Å². The van der Waals surface area contributed by atoms with Crippen LogP contribution in [-0.4, -0.2) is 36.2 Å². The maximum atomic E-state index is 13.0. The zero-order valence-corrected chi connectivity index (χ0v) is 15.5. The van der Waals surface area contributed by atoms with Gasteiger partial charge in [-0.1, -0.05) is 67.6 Å². The van der Waals surface area contributed by atoms with E-state index in [4.69, 9.17) is 9.47 Å². The molecule has 1 aliphatic rings. The van der Waals surface area contributed by atoms with E-state index in [9.17, 15) is 9.59 Å². The molecule has 0 N–H and O–H groups in total. The average molecular weight is 367 g/mol. The maximum absolute atomic E-state index is 13.0. The van der Waals surface area contributed by atoms with Gasteiger partial charge in [0, 0.05) is 0 Å².